The molecule has 3 rings (SSSR count). The van der Waals surface area contributed by atoms with Crippen molar-refractivity contribution < 1.29 is 9.53 Å². The predicted molar refractivity (Wildman–Crippen MR) is 102 cm³/mol. The highest BCUT2D eigenvalue weighted by Gasteiger charge is 2.32. The molecule has 0 spiro atoms. The first kappa shape index (κ1) is 17.1. The Morgan fingerprint density at radius 3 is 2.68 bits per heavy atom. The van der Waals surface area contributed by atoms with Crippen LogP contribution in [0.4, 0.5) is 5.69 Å². The van der Waals surface area contributed by atoms with Gasteiger partial charge in [-0.2, -0.15) is 0 Å². The molecule has 130 valence electrons. The molecule has 0 aliphatic rings. The zero-order valence-corrected chi connectivity index (χ0v) is 15.1. The van der Waals surface area contributed by atoms with Gasteiger partial charge in [0.1, 0.15) is 5.75 Å². The third-order valence-electron chi connectivity index (χ3n) is 4.78. The van der Waals surface area contributed by atoms with Crippen LogP contribution in [0.3, 0.4) is 0 Å². The molecular formula is C21H24N2O2. The molecule has 2 N–H and O–H groups in total. The van der Waals surface area contributed by atoms with Crippen LogP contribution in [0.1, 0.15) is 31.9 Å². The molecule has 0 aliphatic carbocycles. The highest BCUT2D eigenvalue weighted by Crippen LogP contribution is 2.33. The standard InChI is InChI=1S/C21H24N2O2/c1-5-14-8-6-7-9-18(14)23-20(24)21(2,3)17-13-22-19-11-10-15(25-4)12-16(17)19/h6-13,22H,5H2,1-4H3,(H,23,24). The third-order valence-corrected chi connectivity index (χ3v) is 4.78. The number of hydrogen-bond acceptors (Lipinski definition) is 2. The fraction of sp³-hybridized carbons (Fsp3) is 0.286. The quantitative estimate of drug-likeness (QED) is 0.712. The molecule has 0 atom stereocenters. The van der Waals surface area contributed by atoms with Crippen LogP contribution in [0.25, 0.3) is 10.9 Å². The summed E-state index contributed by atoms with van der Waals surface area (Å²) in [6, 6.07) is 13.8. The first-order valence-electron chi connectivity index (χ1n) is 8.52. The fourth-order valence-electron chi connectivity index (χ4n) is 3.10. The summed E-state index contributed by atoms with van der Waals surface area (Å²) in [6.45, 7) is 5.97. The molecule has 2 aromatic carbocycles. The van der Waals surface area contributed by atoms with E-state index in [0.29, 0.717) is 0 Å². The molecule has 0 radical (unpaired) electrons. The van der Waals surface area contributed by atoms with Crippen molar-refractivity contribution in [3.05, 3.63) is 59.8 Å². The van der Waals surface area contributed by atoms with Crippen LogP contribution in [0.5, 0.6) is 5.75 Å². The van der Waals surface area contributed by atoms with Gasteiger partial charge in [-0.05, 0) is 55.7 Å². The lowest BCUT2D eigenvalue weighted by Crippen LogP contribution is -2.34. The van der Waals surface area contributed by atoms with E-state index in [1.165, 1.54) is 0 Å². The lowest BCUT2D eigenvalue weighted by atomic mass is 9.83. The van der Waals surface area contributed by atoms with Gasteiger partial charge in [-0.25, -0.2) is 0 Å². The van der Waals surface area contributed by atoms with Crippen molar-refractivity contribution >= 4 is 22.5 Å². The number of benzene rings is 2. The van der Waals surface area contributed by atoms with Crippen LogP contribution in [0.2, 0.25) is 0 Å². The molecule has 0 aliphatic heterocycles. The van der Waals surface area contributed by atoms with Gasteiger partial charge in [-0.1, -0.05) is 25.1 Å². The van der Waals surface area contributed by atoms with Crippen molar-refractivity contribution in [2.75, 3.05) is 12.4 Å². The van der Waals surface area contributed by atoms with Crippen LogP contribution >= 0.6 is 0 Å². The summed E-state index contributed by atoms with van der Waals surface area (Å²) in [5.74, 6) is 0.748. The second kappa shape index (κ2) is 6.63. The molecule has 4 nitrogen and oxygen atoms in total. The van der Waals surface area contributed by atoms with Gasteiger partial charge in [0.15, 0.2) is 0 Å². The number of H-pyrrole nitrogens is 1. The molecule has 0 fully saturated rings. The topological polar surface area (TPSA) is 54.1 Å². The third kappa shape index (κ3) is 3.12. The number of nitrogens with one attached hydrogen (secondary N) is 2. The zero-order chi connectivity index (χ0) is 18.0. The number of anilines is 1. The lowest BCUT2D eigenvalue weighted by molar-refractivity contribution is -0.120. The van der Waals surface area contributed by atoms with E-state index in [9.17, 15) is 4.79 Å². The average Bonchev–Trinajstić information content (AvgIpc) is 3.05. The Hall–Kier alpha value is -2.75. The van der Waals surface area contributed by atoms with E-state index in [4.69, 9.17) is 4.74 Å². The van der Waals surface area contributed by atoms with Crippen molar-refractivity contribution in [2.24, 2.45) is 0 Å². The summed E-state index contributed by atoms with van der Waals surface area (Å²) < 4.78 is 5.33. The molecule has 4 heteroatoms. The molecular weight excluding hydrogens is 312 g/mol. The molecule has 1 amide bonds. The Morgan fingerprint density at radius 2 is 1.96 bits per heavy atom. The maximum Gasteiger partial charge on any atom is 0.234 e. The van der Waals surface area contributed by atoms with Crippen molar-refractivity contribution in [3.8, 4) is 5.75 Å². The Morgan fingerprint density at radius 1 is 1.20 bits per heavy atom. The number of ether oxygens (including phenoxy) is 1. The van der Waals surface area contributed by atoms with E-state index in [0.717, 1.165) is 39.9 Å². The van der Waals surface area contributed by atoms with Gasteiger partial charge in [-0.3, -0.25) is 4.79 Å². The van der Waals surface area contributed by atoms with Gasteiger partial charge in [0.05, 0.1) is 12.5 Å². The summed E-state index contributed by atoms with van der Waals surface area (Å²) in [7, 11) is 1.65. The van der Waals surface area contributed by atoms with E-state index in [1.54, 1.807) is 7.11 Å². The van der Waals surface area contributed by atoms with Crippen LogP contribution in [0, 0.1) is 0 Å². The number of para-hydroxylation sites is 1. The van der Waals surface area contributed by atoms with Gasteiger partial charge in [0.2, 0.25) is 5.91 Å². The van der Waals surface area contributed by atoms with E-state index in [1.807, 2.05) is 62.5 Å². The van der Waals surface area contributed by atoms with E-state index < -0.39 is 5.41 Å². The van der Waals surface area contributed by atoms with Gasteiger partial charge in [0.25, 0.3) is 0 Å². The number of carbonyl (C=O) groups excluding carboxylic acids is 1. The summed E-state index contributed by atoms with van der Waals surface area (Å²) in [4.78, 5) is 16.3. The van der Waals surface area contributed by atoms with Crippen LogP contribution in [-0.4, -0.2) is 18.0 Å². The number of hydrogen-bond donors (Lipinski definition) is 2. The zero-order valence-electron chi connectivity index (χ0n) is 15.1. The number of carbonyl (C=O) groups is 1. The second-order valence-electron chi connectivity index (χ2n) is 6.70. The van der Waals surface area contributed by atoms with Gasteiger partial charge >= 0.3 is 0 Å². The van der Waals surface area contributed by atoms with Crippen molar-refractivity contribution in [1.29, 1.82) is 0 Å². The van der Waals surface area contributed by atoms with Crippen molar-refractivity contribution in [1.82, 2.24) is 4.98 Å². The van der Waals surface area contributed by atoms with Gasteiger partial charge < -0.3 is 15.0 Å². The number of aromatic amines is 1. The minimum absolute atomic E-state index is 0.0304. The van der Waals surface area contributed by atoms with Crippen molar-refractivity contribution in [2.45, 2.75) is 32.6 Å². The SMILES string of the molecule is CCc1ccccc1NC(=O)C(C)(C)c1c[nH]c2ccc(OC)cc12. The Bertz CT molecular complexity index is 909. The molecule has 0 bridgehead atoms. The minimum atomic E-state index is -0.689. The number of rotatable bonds is 5. The Kier molecular flexibility index (Phi) is 4.53. The maximum atomic E-state index is 13.0. The highest BCUT2D eigenvalue weighted by atomic mass is 16.5. The largest absolute Gasteiger partial charge is 0.497 e. The van der Waals surface area contributed by atoms with E-state index in [-0.39, 0.29) is 5.91 Å². The summed E-state index contributed by atoms with van der Waals surface area (Å²) in [6.07, 6.45) is 2.79. The van der Waals surface area contributed by atoms with E-state index in [2.05, 4.69) is 17.2 Å². The number of aryl methyl sites for hydroxylation is 1. The normalized spacial score (nSPS) is 11.5. The van der Waals surface area contributed by atoms with Crippen LogP contribution in [-0.2, 0) is 16.6 Å². The minimum Gasteiger partial charge on any atom is -0.497 e. The molecule has 0 unspecified atom stereocenters. The molecule has 1 heterocycles. The number of aromatic nitrogens is 1. The Balaban J connectivity index is 1.96. The smallest absolute Gasteiger partial charge is 0.234 e. The molecule has 25 heavy (non-hydrogen) atoms. The van der Waals surface area contributed by atoms with Gasteiger partial charge in [-0.15, -0.1) is 0 Å². The first-order valence-corrected chi connectivity index (χ1v) is 8.52. The second-order valence-corrected chi connectivity index (χ2v) is 6.70. The molecule has 3 aromatic rings. The van der Waals surface area contributed by atoms with E-state index >= 15 is 0 Å². The van der Waals surface area contributed by atoms with Crippen LogP contribution < -0.4 is 10.1 Å². The number of fused-ring (bicyclic) bond motifs is 1. The monoisotopic (exact) mass is 336 g/mol. The maximum absolute atomic E-state index is 13.0. The predicted octanol–water partition coefficient (Wildman–Crippen LogP) is 4.66. The lowest BCUT2D eigenvalue weighted by Gasteiger charge is -2.24. The summed E-state index contributed by atoms with van der Waals surface area (Å²) >= 11 is 0. The Labute approximate surface area is 148 Å². The van der Waals surface area contributed by atoms with Gasteiger partial charge in [0, 0.05) is 22.8 Å². The molecule has 0 saturated heterocycles. The first-order chi connectivity index (χ1) is 12.0. The summed E-state index contributed by atoms with van der Waals surface area (Å²) in [5.41, 5.74) is 3.26. The molecule has 1 aromatic heterocycles. The molecule has 0 saturated carbocycles. The van der Waals surface area contributed by atoms with Crippen LogP contribution in [0.15, 0.2) is 48.7 Å². The number of methoxy groups -OCH3 is 1. The average molecular weight is 336 g/mol. The number of amides is 1. The summed E-state index contributed by atoms with van der Waals surface area (Å²) in [5, 5.41) is 4.10. The fourth-order valence-corrected chi connectivity index (χ4v) is 3.10. The van der Waals surface area contributed by atoms with Crippen molar-refractivity contribution in [3.63, 3.8) is 0 Å². The highest BCUT2D eigenvalue weighted by molar-refractivity contribution is 6.02.